The molecule has 4 heavy (non-hydrogen) atoms. The number of hydrogen-bond donors (Lipinski definition) is 0. The van der Waals surface area contributed by atoms with Crippen molar-refractivity contribution < 1.29 is 20.6 Å². The number of hydrogen-bond acceptors (Lipinski definition) is 1. The van der Waals surface area contributed by atoms with Crippen LogP contribution in [0, 0.1) is 0 Å². The Morgan fingerprint density at radius 3 is 1.25 bits per heavy atom. The maximum absolute atomic E-state index is 8.28. The summed E-state index contributed by atoms with van der Waals surface area (Å²) < 4.78 is 8.28. The molecule has 0 heterocycles. The van der Waals surface area contributed by atoms with Crippen molar-refractivity contribution in [1.29, 1.82) is 0 Å². The van der Waals surface area contributed by atoms with Crippen LogP contribution in [0.1, 0.15) is 0 Å². The Bertz CT molecular complexity index is 8.00. The quantitative estimate of drug-likeness (QED) is 0.427. The van der Waals surface area contributed by atoms with Crippen LogP contribution in [0.3, 0.4) is 0 Å². The molecule has 1 radical (unpaired) electrons. The molecule has 0 aliphatic carbocycles. The fourth-order valence-electron chi connectivity index (χ4n) is 0. The third-order valence-corrected chi connectivity index (χ3v) is 0. The van der Waals surface area contributed by atoms with E-state index in [1.54, 1.807) is 0 Å². The van der Waals surface area contributed by atoms with E-state index in [1.165, 1.54) is 0 Å². The van der Waals surface area contributed by atoms with Gasteiger partial charge >= 0.3 is 43.9 Å². The summed E-state index contributed by atoms with van der Waals surface area (Å²) in [6, 6.07) is 0. The van der Waals surface area contributed by atoms with Gasteiger partial charge in [-0.25, -0.2) is 0 Å². The average molecular weight is 226 g/mol. The first-order chi connectivity index (χ1) is 1.00. The molecule has 0 rings (SSSR count). The Morgan fingerprint density at radius 1 is 1.25 bits per heavy atom. The molecule has 0 unspecified atom stereocenters. The van der Waals surface area contributed by atoms with Crippen LogP contribution in [-0.2, 0) is 20.6 Å². The van der Waals surface area contributed by atoms with Gasteiger partial charge < -0.3 is 0 Å². The molecule has 0 saturated carbocycles. The minimum absolute atomic E-state index is 0. The molecule has 0 atom stereocenters. The van der Waals surface area contributed by atoms with E-state index in [2.05, 4.69) is 0 Å². The topological polar surface area (TPSA) is 17.1 Å². The molecule has 0 amide bonds. The van der Waals surface area contributed by atoms with E-state index in [1.807, 2.05) is 0 Å². The molecule has 0 fully saturated rings. The molecule has 0 aliphatic heterocycles. The summed E-state index contributed by atoms with van der Waals surface area (Å²) in [6.45, 7) is 0. The van der Waals surface area contributed by atoms with E-state index >= 15 is 0 Å². The first kappa shape index (κ1) is 17.4. The SMILES string of the molecule is [Co].[O]=[AlH].[SnH4]. The Labute approximate surface area is 60.3 Å². The van der Waals surface area contributed by atoms with Crippen molar-refractivity contribution in [3.05, 3.63) is 0 Å². The van der Waals surface area contributed by atoms with E-state index in [4.69, 9.17) is 3.80 Å². The molecule has 0 aromatic rings. The van der Waals surface area contributed by atoms with Crippen LogP contribution in [0.4, 0.5) is 0 Å². The summed E-state index contributed by atoms with van der Waals surface area (Å²) in [4.78, 5) is 0. The average Bonchev–Trinajstić information content (AvgIpc) is 1.00. The summed E-state index contributed by atoms with van der Waals surface area (Å²) in [5.74, 6) is 0. The zero-order valence-corrected chi connectivity index (χ0v) is 3.90. The van der Waals surface area contributed by atoms with Gasteiger partial charge in [-0.2, -0.15) is 0 Å². The summed E-state index contributed by atoms with van der Waals surface area (Å²) in [5, 5.41) is 0. The van der Waals surface area contributed by atoms with Gasteiger partial charge in [0.25, 0.3) is 0 Å². The van der Waals surface area contributed by atoms with E-state index in [-0.39, 0.29) is 40.7 Å². The van der Waals surface area contributed by atoms with Gasteiger partial charge in [-0.05, 0) is 0 Å². The normalized spacial score (nSPS) is 0.750. The third kappa shape index (κ3) is 9.44. The molecule has 27 valence electrons. The van der Waals surface area contributed by atoms with Gasteiger partial charge in [0.15, 0.2) is 0 Å². The van der Waals surface area contributed by atoms with Crippen LogP contribution >= 0.6 is 0 Å². The predicted octanol–water partition coefficient (Wildman–Crippen LogP) is -2.22. The Balaban J connectivity index is -0.00000000500. The fourth-order valence-corrected chi connectivity index (χ4v) is 0. The summed E-state index contributed by atoms with van der Waals surface area (Å²) in [6.07, 6.45) is 0. The molecule has 4 heteroatoms. The zero-order chi connectivity index (χ0) is 2.00. The van der Waals surface area contributed by atoms with Gasteiger partial charge in [-0.15, -0.1) is 0 Å². The van der Waals surface area contributed by atoms with Crippen molar-refractivity contribution in [1.82, 2.24) is 0 Å². The first-order valence-corrected chi connectivity index (χ1v) is 0.866. The molecule has 0 aliphatic rings. The zero-order valence-electron chi connectivity index (χ0n) is 1.45. The molecular formula is H5AlCoOSn. The van der Waals surface area contributed by atoms with E-state index < -0.39 is 0 Å². The Hall–Kier alpha value is 1.64. The minimum atomic E-state index is 0. The van der Waals surface area contributed by atoms with Crippen molar-refractivity contribution in [3.63, 3.8) is 0 Å². The molecule has 0 spiro atoms. The van der Waals surface area contributed by atoms with Crippen LogP contribution in [0.2, 0.25) is 0 Å². The van der Waals surface area contributed by atoms with Gasteiger partial charge in [0, 0.05) is 16.8 Å². The van der Waals surface area contributed by atoms with Crippen LogP contribution in [-0.4, -0.2) is 40.1 Å². The van der Waals surface area contributed by atoms with Crippen LogP contribution in [0.5, 0.6) is 0 Å². The molecule has 0 aromatic heterocycles. The maximum atomic E-state index is 8.28. The fraction of sp³-hybridized carbons (Fsp3) is 0. The molecular weight excluding hydrogens is 221 g/mol. The molecule has 0 aromatic carbocycles. The second kappa shape index (κ2) is 22.9. The molecule has 0 N–H and O–H groups in total. The third-order valence-electron chi connectivity index (χ3n) is 0. The summed E-state index contributed by atoms with van der Waals surface area (Å²) >= 11 is 0.611. The van der Waals surface area contributed by atoms with E-state index in [0.717, 1.165) is 0 Å². The van der Waals surface area contributed by atoms with E-state index in [0.29, 0.717) is 16.2 Å². The number of rotatable bonds is 0. The predicted molar refractivity (Wildman–Crippen MR) is 19.2 cm³/mol. The van der Waals surface area contributed by atoms with Crippen molar-refractivity contribution >= 4 is 40.1 Å². The standard InChI is InChI=1S/Al.Co.O.Sn.5H. The van der Waals surface area contributed by atoms with Gasteiger partial charge in [-0.3, -0.25) is 0 Å². The van der Waals surface area contributed by atoms with Crippen LogP contribution in [0.15, 0.2) is 0 Å². The van der Waals surface area contributed by atoms with Gasteiger partial charge in [0.2, 0.25) is 0 Å². The van der Waals surface area contributed by atoms with Gasteiger partial charge in [0.05, 0.1) is 0 Å². The van der Waals surface area contributed by atoms with Crippen molar-refractivity contribution in [2.24, 2.45) is 0 Å². The monoisotopic (exact) mass is 227 g/mol. The van der Waals surface area contributed by atoms with Crippen molar-refractivity contribution in [2.75, 3.05) is 0 Å². The van der Waals surface area contributed by atoms with Crippen molar-refractivity contribution in [3.8, 4) is 0 Å². The summed E-state index contributed by atoms with van der Waals surface area (Å²) in [5.41, 5.74) is 0. The van der Waals surface area contributed by atoms with Crippen LogP contribution < -0.4 is 0 Å². The van der Waals surface area contributed by atoms with Gasteiger partial charge in [-0.1, -0.05) is 0 Å². The van der Waals surface area contributed by atoms with E-state index in [9.17, 15) is 0 Å². The summed E-state index contributed by atoms with van der Waals surface area (Å²) in [7, 11) is 0. The molecule has 1 nitrogen and oxygen atoms in total. The first-order valence-electron chi connectivity index (χ1n) is 0.289. The molecule has 0 bridgehead atoms. The Kier molecular flexibility index (Phi) is 99.7. The second-order valence-corrected chi connectivity index (χ2v) is 0. The van der Waals surface area contributed by atoms with Crippen LogP contribution in [0.25, 0.3) is 0 Å². The van der Waals surface area contributed by atoms with Gasteiger partial charge in [0.1, 0.15) is 0 Å². The molecule has 0 saturated heterocycles. The van der Waals surface area contributed by atoms with Crippen molar-refractivity contribution in [2.45, 2.75) is 0 Å². The Morgan fingerprint density at radius 2 is 1.25 bits per heavy atom. The second-order valence-electron chi connectivity index (χ2n) is 0.